The van der Waals surface area contributed by atoms with E-state index in [4.69, 9.17) is 21.7 Å². The molecule has 0 bridgehead atoms. The number of piperazine rings is 1. The number of pyridine rings is 1. The number of anilines is 1. The molecule has 8 heteroatoms. The molecule has 1 saturated heterocycles. The quantitative estimate of drug-likeness (QED) is 0.430. The first-order valence-electron chi connectivity index (χ1n) is 11.5. The molecular weight excluding hydrogens is 448 g/mol. The molecule has 1 amide bonds. The van der Waals surface area contributed by atoms with E-state index in [0.717, 1.165) is 52.8 Å². The van der Waals surface area contributed by atoms with Crippen molar-refractivity contribution in [1.29, 1.82) is 0 Å². The molecular formula is C26H27ClN6O. The van der Waals surface area contributed by atoms with E-state index in [1.807, 2.05) is 71.8 Å². The molecule has 1 aliphatic rings. The lowest BCUT2D eigenvalue weighted by atomic mass is 10.1. The fourth-order valence-electron chi connectivity index (χ4n) is 4.57. The first-order valence-corrected chi connectivity index (χ1v) is 11.9. The third-order valence-electron chi connectivity index (χ3n) is 6.50. The zero-order valence-electron chi connectivity index (χ0n) is 19.4. The zero-order chi connectivity index (χ0) is 23.7. The number of fused-ring (bicyclic) bond motifs is 1. The molecule has 0 spiro atoms. The molecule has 0 unspecified atom stereocenters. The van der Waals surface area contributed by atoms with Gasteiger partial charge in [0, 0.05) is 66.8 Å². The molecule has 3 aromatic heterocycles. The second kappa shape index (κ2) is 9.43. The summed E-state index contributed by atoms with van der Waals surface area (Å²) in [5.74, 6) is 1.15. The molecule has 0 radical (unpaired) electrons. The number of rotatable bonds is 5. The van der Waals surface area contributed by atoms with Crippen LogP contribution in [0.1, 0.15) is 23.4 Å². The molecule has 34 heavy (non-hydrogen) atoms. The fraction of sp³-hybridized carbons (Fsp3) is 0.308. The van der Waals surface area contributed by atoms with Crippen molar-refractivity contribution in [3.63, 3.8) is 0 Å². The van der Waals surface area contributed by atoms with Gasteiger partial charge >= 0.3 is 0 Å². The lowest BCUT2D eigenvalue weighted by Gasteiger charge is -2.35. The molecule has 7 nitrogen and oxygen atoms in total. The maximum atomic E-state index is 13.0. The highest BCUT2D eigenvalue weighted by atomic mass is 35.5. The number of aryl methyl sites for hydroxylation is 2. The number of carbonyl (C=O) groups excluding carboxylic acids is 1. The zero-order valence-corrected chi connectivity index (χ0v) is 20.2. The predicted molar refractivity (Wildman–Crippen MR) is 134 cm³/mol. The number of nitrogens with zero attached hydrogens (tertiary/aromatic N) is 6. The first-order chi connectivity index (χ1) is 16.5. The summed E-state index contributed by atoms with van der Waals surface area (Å²) in [5, 5.41) is 5.47. The van der Waals surface area contributed by atoms with Gasteiger partial charge in [-0.2, -0.15) is 5.10 Å². The lowest BCUT2D eigenvalue weighted by molar-refractivity contribution is -0.131. The van der Waals surface area contributed by atoms with Crippen LogP contribution in [0.25, 0.3) is 16.9 Å². The van der Waals surface area contributed by atoms with Crippen LogP contribution in [-0.2, 0) is 11.2 Å². The highest BCUT2D eigenvalue weighted by molar-refractivity contribution is 6.30. The van der Waals surface area contributed by atoms with Crippen LogP contribution in [0.4, 0.5) is 5.82 Å². The summed E-state index contributed by atoms with van der Waals surface area (Å²) >= 11 is 6.02. The van der Waals surface area contributed by atoms with Crippen molar-refractivity contribution in [3.05, 3.63) is 76.7 Å². The van der Waals surface area contributed by atoms with Crippen LogP contribution >= 0.6 is 11.6 Å². The van der Waals surface area contributed by atoms with E-state index < -0.39 is 0 Å². The van der Waals surface area contributed by atoms with E-state index in [1.54, 1.807) is 6.20 Å². The van der Waals surface area contributed by atoms with Crippen LogP contribution in [0.2, 0.25) is 5.02 Å². The second-order valence-corrected chi connectivity index (χ2v) is 9.06. The summed E-state index contributed by atoms with van der Waals surface area (Å²) in [6.07, 6.45) is 2.92. The van der Waals surface area contributed by atoms with Crippen LogP contribution in [-0.4, -0.2) is 56.6 Å². The smallest absolute Gasteiger partial charge is 0.223 e. The SMILES string of the molecule is Cc1nc2cc(-c3ccc(Cl)cc3)nn2c(C)c1CCC(=O)N1CCN(c2ccccn2)CC1. The third-order valence-corrected chi connectivity index (χ3v) is 6.75. The van der Waals surface area contributed by atoms with Gasteiger partial charge in [0.05, 0.1) is 5.69 Å². The number of halogens is 1. The average molecular weight is 475 g/mol. The second-order valence-electron chi connectivity index (χ2n) is 8.62. The lowest BCUT2D eigenvalue weighted by Crippen LogP contribution is -2.49. The van der Waals surface area contributed by atoms with Crippen molar-refractivity contribution in [2.45, 2.75) is 26.7 Å². The van der Waals surface area contributed by atoms with Gasteiger partial charge in [-0.1, -0.05) is 29.8 Å². The topological polar surface area (TPSA) is 66.6 Å². The van der Waals surface area contributed by atoms with Gasteiger partial charge in [-0.05, 0) is 50.1 Å². The van der Waals surface area contributed by atoms with Crippen LogP contribution in [0.3, 0.4) is 0 Å². The van der Waals surface area contributed by atoms with E-state index in [9.17, 15) is 4.79 Å². The van der Waals surface area contributed by atoms with Crippen LogP contribution < -0.4 is 4.90 Å². The van der Waals surface area contributed by atoms with Crippen molar-refractivity contribution in [3.8, 4) is 11.3 Å². The van der Waals surface area contributed by atoms with Crippen LogP contribution in [0, 0.1) is 13.8 Å². The number of amides is 1. The number of hydrogen-bond donors (Lipinski definition) is 0. The Balaban J connectivity index is 1.26. The Kier molecular flexibility index (Phi) is 6.20. The largest absolute Gasteiger partial charge is 0.353 e. The van der Waals surface area contributed by atoms with Gasteiger partial charge in [0.15, 0.2) is 5.65 Å². The standard InChI is InChI=1S/C26H27ClN6O/c1-18-22(10-11-26(34)32-15-13-31(14-16-32)24-5-3-4-12-28-24)19(2)33-25(29-18)17-23(30-33)20-6-8-21(27)9-7-20/h3-9,12,17H,10-11,13-16H2,1-2H3. The van der Waals surface area contributed by atoms with Crippen LogP contribution in [0.5, 0.6) is 0 Å². The van der Waals surface area contributed by atoms with E-state index in [0.29, 0.717) is 31.0 Å². The maximum absolute atomic E-state index is 13.0. The van der Waals surface area contributed by atoms with Crippen molar-refractivity contribution < 1.29 is 4.79 Å². The van der Waals surface area contributed by atoms with E-state index in [-0.39, 0.29) is 5.91 Å². The highest BCUT2D eigenvalue weighted by Gasteiger charge is 2.22. The van der Waals surface area contributed by atoms with Gasteiger partial charge in [-0.3, -0.25) is 4.79 Å². The van der Waals surface area contributed by atoms with Gasteiger partial charge in [0.25, 0.3) is 0 Å². The number of hydrogen-bond acceptors (Lipinski definition) is 5. The Hall–Kier alpha value is -3.45. The van der Waals surface area contributed by atoms with E-state index in [1.165, 1.54) is 0 Å². The molecule has 1 aliphatic heterocycles. The Morgan fingerprint density at radius 1 is 1.03 bits per heavy atom. The number of benzene rings is 1. The number of aromatic nitrogens is 4. The summed E-state index contributed by atoms with van der Waals surface area (Å²) in [7, 11) is 0. The molecule has 0 atom stereocenters. The van der Waals surface area contributed by atoms with Crippen molar-refractivity contribution in [1.82, 2.24) is 24.5 Å². The normalized spacial score (nSPS) is 14.1. The van der Waals surface area contributed by atoms with Gasteiger partial charge in [-0.25, -0.2) is 14.5 Å². The summed E-state index contributed by atoms with van der Waals surface area (Å²) in [4.78, 5) is 26.3. The molecule has 1 fully saturated rings. The molecule has 1 aromatic carbocycles. The van der Waals surface area contributed by atoms with E-state index >= 15 is 0 Å². The fourth-order valence-corrected chi connectivity index (χ4v) is 4.69. The number of carbonyl (C=O) groups is 1. The average Bonchev–Trinajstić information content (AvgIpc) is 3.29. The minimum Gasteiger partial charge on any atom is -0.353 e. The minimum absolute atomic E-state index is 0.182. The van der Waals surface area contributed by atoms with Crippen molar-refractivity contribution in [2.75, 3.05) is 31.1 Å². The molecule has 0 N–H and O–H groups in total. The maximum Gasteiger partial charge on any atom is 0.223 e. The Bertz CT molecular complexity index is 1310. The van der Waals surface area contributed by atoms with Gasteiger partial charge in [-0.15, -0.1) is 0 Å². The Labute approximate surface area is 204 Å². The summed E-state index contributed by atoms with van der Waals surface area (Å²) < 4.78 is 1.88. The van der Waals surface area contributed by atoms with Crippen molar-refractivity contribution >= 4 is 29.0 Å². The van der Waals surface area contributed by atoms with Gasteiger partial charge in [0.1, 0.15) is 5.82 Å². The monoisotopic (exact) mass is 474 g/mol. The summed E-state index contributed by atoms with van der Waals surface area (Å²) in [6, 6.07) is 15.5. The molecule has 4 aromatic rings. The highest BCUT2D eigenvalue weighted by Crippen LogP contribution is 2.24. The molecule has 0 aliphatic carbocycles. The summed E-state index contributed by atoms with van der Waals surface area (Å²) in [6.45, 7) is 7.09. The Morgan fingerprint density at radius 3 is 2.50 bits per heavy atom. The molecule has 4 heterocycles. The molecule has 0 saturated carbocycles. The third kappa shape index (κ3) is 4.48. The minimum atomic E-state index is 0.182. The predicted octanol–water partition coefficient (Wildman–Crippen LogP) is 4.34. The van der Waals surface area contributed by atoms with Crippen LogP contribution in [0.15, 0.2) is 54.7 Å². The van der Waals surface area contributed by atoms with Gasteiger partial charge in [0.2, 0.25) is 5.91 Å². The molecule has 5 rings (SSSR count). The summed E-state index contributed by atoms with van der Waals surface area (Å²) in [5.41, 5.74) is 5.70. The van der Waals surface area contributed by atoms with E-state index in [2.05, 4.69) is 9.88 Å². The first kappa shape index (κ1) is 22.3. The molecule has 174 valence electrons. The van der Waals surface area contributed by atoms with Crippen molar-refractivity contribution in [2.24, 2.45) is 0 Å². The Morgan fingerprint density at radius 2 is 1.79 bits per heavy atom. The van der Waals surface area contributed by atoms with Gasteiger partial charge < -0.3 is 9.80 Å².